The molecule has 2 bridgehead atoms. The molecule has 0 spiro atoms. The van der Waals surface area contributed by atoms with Crippen LogP contribution in [0.1, 0.15) is 31.2 Å². The molecule has 1 aromatic carbocycles. The maximum Gasteiger partial charge on any atom is 0.490 e. The summed E-state index contributed by atoms with van der Waals surface area (Å²) >= 11 is 0. The minimum atomic E-state index is -5.08. The molecule has 16 heteroatoms. The number of aromatic nitrogens is 5. The molecule has 38 heavy (non-hydrogen) atoms. The number of halogens is 3. The van der Waals surface area contributed by atoms with Crippen LogP contribution in [0.25, 0.3) is 17.1 Å². The molecule has 2 aromatic heterocycles. The number of carbonyl (C=O) groups is 1. The Balaban J connectivity index is 0.000000426. The number of rotatable bonds is 5. The zero-order valence-corrected chi connectivity index (χ0v) is 20.6. The van der Waals surface area contributed by atoms with Gasteiger partial charge in [-0.1, -0.05) is 6.07 Å². The molecule has 3 aromatic rings. The van der Waals surface area contributed by atoms with Gasteiger partial charge in [0.2, 0.25) is 10.0 Å². The molecular formula is C22H21F3N8O4S. The fourth-order valence-electron chi connectivity index (χ4n) is 4.73. The maximum absolute atomic E-state index is 13.1. The van der Waals surface area contributed by atoms with Crippen molar-refractivity contribution in [1.82, 2.24) is 29.5 Å². The smallest absolute Gasteiger partial charge is 0.475 e. The number of alkyl halides is 3. The molecule has 12 nitrogen and oxygen atoms in total. The highest BCUT2D eigenvalue weighted by Gasteiger charge is 2.62. The number of carboxylic acids is 1. The Morgan fingerprint density at radius 2 is 1.97 bits per heavy atom. The minimum absolute atomic E-state index is 0.143. The number of nitriles is 1. The number of aryl methyl sites for hydroxylation is 1. The minimum Gasteiger partial charge on any atom is -0.475 e. The summed E-state index contributed by atoms with van der Waals surface area (Å²) in [7, 11) is -3.77. The van der Waals surface area contributed by atoms with Crippen LogP contribution in [-0.2, 0) is 14.8 Å². The average Bonchev–Trinajstić information content (AvgIpc) is 3.55. The lowest BCUT2D eigenvalue weighted by atomic mass is 9.66. The predicted molar refractivity (Wildman–Crippen MR) is 125 cm³/mol. The molecule has 3 saturated carbocycles. The van der Waals surface area contributed by atoms with E-state index >= 15 is 0 Å². The highest BCUT2D eigenvalue weighted by molar-refractivity contribution is 7.89. The lowest BCUT2D eigenvalue weighted by molar-refractivity contribution is -0.192. The number of aliphatic carboxylic acids is 1. The summed E-state index contributed by atoms with van der Waals surface area (Å²) in [4.78, 5) is 21.7. The lowest BCUT2D eigenvalue weighted by Crippen LogP contribution is -2.55. The number of nitrogen functional groups attached to an aromatic ring is 1. The first kappa shape index (κ1) is 26.9. The number of nitrogens with zero attached hydrogens (tertiary/aromatic N) is 6. The van der Waals surface area contributed by atoms with Gasteiger partial charge in [-0.05, 0) is 50.3 Å². The second-order valence-electron chi connectivity index (χ2n) is 9.22. The summed E-state index contributed by atoms with van der Waals surface area (Å²) in [6.45, 7) is 1.87. The van der Waals surface area contributed by atoms with Gasteiger partial charge in [-0.25, -0.2) is 32.9 Å². The molecule has 0 radical (unpaired) electrons. The van der Waals surface area contributed by atoms with Gasteiger partial charge in [0.05, 0.1) is 28.3 Å². The molecule has 4 N–H and O–H groups in total. The Labute approximate surface area is 214 Å². The zero-order valence-electron chi connectivity index (χ0n) is 19.8. The number of anilines is 1. The van der Waals surface area contributed by atoms with Crippen molar-refractivity contribution < 1.29 is 31.5 Å². The van der Waals surface area contributed by atoms with E-state index < -0.39 is 27.7 Å². The van der Waals surface area contributed by atoms with Gasteiger partial charge in [-0.2, -0.15) is 28.2 Å². The first-order valence-electron chi connectivity index (χ1n) is 11.0. The Kier molecular flexibility index (Phi) is 6.62. The van der Waals surface area contributed by atoms with Gasteiger partial charge in [0.15, 0.2) is 11.6 Å². The van der Waals surface area contributed by atoms with Crippen LogP contribution in [0.5, 0.6) is 0 Å². The van der Waals surface area contributed by atoms with Crippen LogP contribution in [0.15, 0.2) is 41.9 Å². The van der Waals surface area contributed by atoms with E-state index in [1.807, 2.05) is 6.92 Å². The van der Waals surface area contributed by atoms with Crippen molar-refractivity contribution in [2.45, 2.75) is 49.2 Å². The van der Waals surface area contributed by atoms with Crippen LogP contribution in [0.2, 0.25) is 0 Å². The normalized spacial score (nSPS) is 22.1. The number of carboxylic acid groups (broad SMARTS) is 1. The Bertz CT molecular complexity index is 1530. The van der Waals surface area contributed by atoms with Crippen molar-refractivity contribution in [2.24, 2.45) is 5.41 Å². The number of benzene rings is 1. The van der Waals surface area contributed by atoms with Crippen LogP contribution in [0, 0.1) is 23.7 Å². The van der Waals surface area contributed by atoms with Crippen LogP contribution in [0.3, 0.4) is 0 Å². The van der Waals surface area contributed by atoms with Crippen LogP contribution < -0.4 is 10.5 Å². The molecule has 6 rings (SSSR count). The third kappa shape index (κ3) is 5.15. The number of fused-ring (bicyclic) bond motifs is 1. The monoisotopic (exact) mass is 550 g/mol. The van der Waals surface area contributed by atoms with Crippen LogP contribution >= 0.6 is 0 Å². The number of nitrogens with two attached hydrogens (primary N) is 1. The van der Waals surface area contributed by atoms with E-state index in [9.17, 15) is 26.9 Å². The molecule has 0 unspecified atom stereocenters. The van der Waals surface area contributed by atoms with E-state index in [0.717, 1.165) is 12.0 Å². The number of hydrogen-bond donors (Lipinski definition) is 3. The van der Waals surface area contributed by atoms with Crippen molar-refractivity contribution in [3.05, 3.63) is 42.6 Å². The molecule has 200 valence electrons. The predicted octanol–water partition coefficient (Wildman–Crippen LogP) is 2.36. The molecule has 3 aliphatic carbocycles. The summed E-state index contributed by atoms with van der Waals surface area (Å²) < 4.78 is 62.3. The summed E-state index contributed by atoms with van der Waals surface area (Å²) in [5.74, 6) is -2.26. The standard InChI is InChI=1S/C20H20N8O2S.C2HF3O2/c1-13-2-3-14(31(29,30)27-20-5-4-19(8-20,9-20)10-21)6-15(13)16-7-24-17(22)18(26-16)28-12-23-11-25-28;3-2(4,5)1(6)7/h2-3,6-7,11-12,27H,4-5,8-9H2,1H3,(H2,22,24);(H,6,7). The van der Waals surface area contributed by atoms with E-state index in [1.165, 1.54) is 23.5 Å². The molecule has 3 aliphatic rings. The highest BCUT2D eigenvalue weighted by Crippen LogP contribution is 2.61. The molecule has 0 atom stereocenters. The van der Waals surface area contributed by atoms with E-state index in [1.54, 1.807) is 18.2 Å². The summed E-state index contributed by atoms with van der Waals surface area (Å²) in [6.07, 6.45) is 1.80. The van der Waals surface area contributed by atoms with Crippen molar-refractivity contribution in [3.63, 3.8) is 0 Å². The maximum atomic E-state index is 13.1. The fraction of sp³-hybridized carbons (Fsp3) is 0.364. The fourth-order valence-corrected chi connectivity index (χ4v) is 6.18. The van der Waals surface area contributed by atoms with E-state index in [-0.39, 0.29) is 16.1 Å². The summed E-state index contributed by atoms with van der Waals surface area (Å²) in [5.41, 5.74) is 7.00. The van der Waals surface area contributed by atoms with Crippen molar-refractivity contribution in [1.29, 1.82) is 5.26 Å². The molecular weight excluding hydrogens is 529 g/mol. The lowest BCUT2D eigenvalue weighted by Gasteiger charge is -2.43. The van der Waals surface area contributed by atoms with Crippen molar-refractivity contribution in [2.75, 3.05) is 5.73 Å². The topological polar surface area (TPSA) is 190 Å². The zero-order chi connectivity index (χ0) is 27.9. The van der Waals surface area contributed by atoms with Gasteiger partial charge in [0.25, 0.3) is 0 Å². The van der Waals surface area contributed by atoms with E-state index in [0.29, 0.717) is 36.3 Å². The molecule has 3 fully saturated rings. The second-order valence-corrected chi connectivity index (χ2v) is 10.9. The van der Waals surface area contributed by atoms with Gasteiger partial charge in [0.1, 0.15) is 12.7 Å². The average molecular weight is 551 g/mol. The molecule has 0 amide bonds. The Morgan fingerprint density at radius 1 is 1.29 bits per heavy atom. The van der Waals surface area contributed by atoms with E-state index in [4.69, 9.17) is 15.6 Å². The third-order valence-electron chi connectivity index (χ3n) is 6.48. The van der Waals surface area contributed by atoms with Gasteiger partial charge < -0.3 is 10.8 Å². The number of hydrogen-bond acceptors (Lipinski definition) is 9. The quantitative estimate of drug-likeness (QED) is 0.425. The number of nitrogens with one attached hydrogen (secondary N) is 1. The van der Waals surface area contributed by atoms with Crippen molar-refractivity contribution >= 4 is 21.8 Å². The highest BCUT2D eigenvalue weighted by atomic mass is 32.2. The first-order valence-corrected chi connectivity index (χ1v) is 12.5. The molecule has 0 saturated heterocycles. The molecule has 0 aliphatic heterocycles. The van der Waals surface area contributed by atoms with Gasteiger partial charge in [-0.3, -0.25) is 0 Å². The summed E-state index contributed by atoms with van der Waals surface area (Å²) in [6, 6.07) is 7.25. The first-order chi connectivity index (χ1) is 17.7. The van der Waals surface area contributed by atoms with Gasteiger partial charge in [0, 0.05) is 11.1 Å². The second kappa shape index (κ2) is 9.33. The largest absolute Gasteiger partial charge is 0.490 e. The number of sulfonamides is 1. The van der Waals surface area contributed by atoms with Crippen LogP contribution in [-0.4, -0.2) is 55.9 Å². The molecule has 2 heterocycles. The SMILES string of the molecule is Cc1ccc(S(=O)(=O)NC23CCC(C#N)(C2)C3)cc1-c1cnc(N)c(-n2cncn2)n1.O=C(O)C(F)(F)F. The summed E-state index contributed by atoms with van der Waals surface area (Å²) in [5, 5.41) is 20.5. The van der Waals surface area contributed by atoms with Gasteiger partial charge in [-0.15, -0.1) is 0 Å². The van der Waals surface area contributed by atoms with E-state index in [2.05, 4.69) is 30.8 Å². The Morgan fingerprint density at radius 3 is 2.53 bits per heavy atom. The van der Waals surface area contributed by atoms with Crippen LogP contribution in [0.4, 0.5) is 19.0 Å². The van der Waals surface area contributed by atoms with Gasteiger partial charge >= 0.3 is 12.1 Å². The Hall–Kier alpha value is -4.10. The van der Waals surface area contributed by atoms with Crippen molar-refractivity contribution in [3.8, 4) is 23.1 Å². The third-order valence-corrected chi connectivity index (χ3v) is 8.05.